The second-order valence-corrected chi connectivity index (χ2v) is 5.96. The van der Waals surface area contributed by atoms with Crippen molar-refractivity contribution in [1.29, 1.82) is 0 Å². The number of hydrogen-bond donors (Lipinski definition) is 1. The van der Waals surface area contributed by atoms with E-state index in [1.807, 2.05) is 0 Å². The Hall–Kier alpha value is -2.61. The highest BCUT2D eigenvalue weighted by molar-refractivity contribution is 7.18. The molecule has 0 spiro atoms. The average molecular weight is 335 g/mol. The van der Waals surface area contributed by atoms with Gasteiger partial charge in [0.05, 0.1) is 17.9 Å². The van der Waals surface area contributed by atoms with Crippen LogP contribution in [-0.2, 0) is 14.3 Å². The number of nitrogens with one attached hydrogen (secondary N) is 1. The summed E-state index contributed by atoms with van der Waals surface area (Å²) in [4.78, 5) is 35.7. The zero-order valence-electron chi connectivity index (χ0n) is 12.2. The second kappa shape index (κ2) is 6.25. The molecule has 3 heterocycles. The molecule has 23 heavy (non-hydrogen) atoms. The van der Waals surface area contributed by atoms with Crippen LogP contribution in [0.2, 0.25) is 0 Å². The molecule has 7 nitrogen and oxygen atoms in total. The van der Waals surface area contributed by atoms with E-state index in [2.05, 4.69) is 5.32 Å². The van der Waals surface area contributed by atoms with Crippen molar-refractivity contribution in [3.63, 3.8) is 0 Å². The number of esters is 2. The van der Waals surface area contributed by atoms with Crippen LogP contribution in [0, 0.1) is 6.92 Å². The molecule has 0 bridgehead atoms. The van der Waals surface area contributed by atoms with E-state index in [-0.39, 0.29) is 12.4 Å². The van der Waals surface area contributed by atoms with Gasteiger partial charge in [0.2, 0.25) is 6.10 Å². The molecule has 2 aromatic heterocycles. The highest BCUT2D eigenvalue weighted by Crippen LogP contribution is 2.28. The number of amides is 1. The summed E-state index contributed by atoms with van der Waals surface area (Å²) < 4.78 is 14.9. The van der Waals surface area contributed by atoms with Crippen molar-refractivity contribution in [2.45, 2.75) is 19.4 Å². The molecule has 120 valence electrons. The minimum Gasteiger partial charge on any atom is -0.463 e. The molecule has 0 saturated carbocycles. The topological polar surface area (TPSA) is 94.8 Å². The van der Waals surface area contributed by atoms with Crippen LogP contribution in [0.15, 0.2) is 28.9 Å². The zero-order valence-corrected chi connectivity index (χ0v) is 13.0. The minimum atomic E-state index is -0.856. The molecule has 0 aromatic carbocycles. The monoisotopic (exact) mass is 335 g/mol. The number of anilines is 1. The molecule has 1 aliphatic rings. The van der Waals surface area contributed by atoms with Crippen molar-refractivity contribution in [1.82, 2.24) is 0 Å². The lowest BCUT2D eigenvalue weighted by Gasteiger charge is -2.07. The number of furan rings is 1. The molecule has 3 rings (SSSR count). The van der Waals surface area contributed by atoms with Crippen LogP contribution in [-0.4, -0.2) is 30.6 Å². The quantitative estimate of drug-likeness (QED) is 0.862. The van der Waals surface area contributed by atoms with Gasteiger partial charge >= 0.3 is 11.9 Å². The maximum Gasteiger partial charge on any atom is 0.349 e. The molecule has 0 unspecified atom stereocenters. The van der Waals surface area contributed by atoms with Crippen LogP contribution < -0.4 is 5.32 Å². The largest absolute Gasteiger partial charge is 0.463 e. The first-order valence-corrected chi connectivity index (χ1v) is 7.69. The van der Waals surface area contributed by atoms with Crippen LogP contribution in [0.5, 0.6) is 0 Å². The third-order valence-corrected chi connectivity index (χ3v) is 4.35. The fourth-order valence-corrected chi connectivity index (χ4v) is 3.05. The summed E-state index contributed by atoms with van der Waals surface area (Å²) in [6.45, 7) is 1.98. The first kappa shape index (κ1) is 15.3. The first-order chi connectivity index (χ1) is 11.0. The van der Waals surface area contributed by atoms with Crippen molar-refractivity contribution in [3.05, 3.63) is 40.7 Å². The Balaban J connectivity index is 1.69. The van der Waals surface area contributed by atoms with E-state index in [1.54, 1.807) is 19.1 Å². The summed E-state index contributed by atoms with van der Waals surface area (Å²) in [5.41, 5.74) is 0.654. The zero-order chi connectivity index (χ0) is 16.4. The molecule has 0 radical (unpaired) electrons. The van der Waals surface area contributed by atoms with Crippen molar-refractivity contribution >= 4 is 34.2 Å². The molecule has 1 aliphatic heterocycles. The maximum absolute atomic E-state index is 12.1. The lowest BCUT2D eigenvalue weighted by atomic mass is 10.2. The summed E-state index contributed by atoms with van der Waals surface area (Å²) in [5, 5.41) is 3.14. The van der Waals surface area contributed by atoms with Crippen molar-refractivity contribution < 1.29 is 28.3 Å². The fraction of sp³-hybridized carbons (Fsp3) is 0.267. The van der Waals surface area contributed by atoms with Gasteiger partial charge in [0.15, 0.2) is 5.76 Å². The Bertz CT molecular complexity index is 748. The van der Waals surface area contributed by atoms with Crippen LogP contribution in [0.25, 0.3) is 0 Å². The predicted octanol–water partition coefficient (Wildman–Crippen LogP) is 2.37. The molecule has 1 amide bonds. The standard InChI is InChI=1S/C15H13NO6S/c1-8-7-11(16-13(17)9-3-2-5-20-9)23-12(8)15(19)22-10-4-6-21-14(10)18/h2-3,5,7,10H,4,6H2,1H3,(H,16,17)/t10-/m1/s1. The van der Waals surface area contributed by atoms with Gasteiger partial charge in [-0.3, -0.25) is 4.79 Å². The van der Waals surface area contributed by atoms with E-state index >= 15 is 0 Å². The van der Waals surface area contributed by atoms with Gasteiger partial charge < -0.3 is 19.2 Å². The Morgan fingerprint density at radius 1 is 1.43 bits per heavy atom. The molecule has 8 heteroatoms. The smallest absolute Gasteiger partial charge is 0.349 e. The van der Waals surface area contributed by atoms with Crippen LogP contribution in [0.1, 0.15) is 32.2 Å². The van der Waals surface area contributed by atoms with Gasteiger partial charge in [0.1, 0.15) is 4.88 Å². The summed E-state index contributed by atoms with van der Waals surface area (Å²) in [6, 6.07) is 4.81. The van der Waals surface area contributed by atoms with E-state index in [0.717, 1.165) is 11.3 Å². The van der Waals surface area contributed by atoms with Crippen LogP contribution in [0.3, 0.4) is 0 Å². The van der Waals surface area contributed by atoms with E-state index in [0.29, 0.717) is 21.9 Å². The van der Waals surface area contributed by atoms with Crippen LogP contribution in [0.4, 0.5) is 5.00 Å². The highest BCUT2D eigenvalue weighted by atomic mass is 32.1. The Morgan fingerprint density at radius 3 is 2.91 bits per heavy atom. The lowest BCUT2D eigenvalue weighted by molar-refractivity contribution is -0.145. The summed E-state index contributed by atoms with van der Waals surface area (Å²) in [7, 11) is 0. The minimum absolute atomic E-state index is 0.175. The third-order valence-electron chi connectivity index (χ3n) is 3.22. The number of ether oxygens (including phenoxy) is 2. The van der Waals surface area contributed by atoms with Crippen LogP contribution >= 0.6 is 11.3 Å². The Kier molecular flexibility index (Phi) is 4.16. The lowest BCUT2D eigenvalue weighted by Crippen LogP contribution is -2.22. The highest BCUT2D eigenvalue weighted by Gasteiger charge is 2.31. The second-order valence-electron chi connectivity index (χ2n) is 4.90. The van der Waals surface area contributed by atoms with Gasteiger partial charge in [-0.25, -0.2) is 9.59 Å². The normalized spacial score (nSPS) is 16.9. The van der Waals surface area contributed by atoms with E-state index in [4.69, 9.17) is 13.9 Å². The summed E-state index contributed by atoms with van der Waals surface area (Å²) >= 11 is 1.08. The van der Waals surface area contributed by atoms with Gasteiger partial charge in [-0.05, 0) is 30.7 Å². The summed E-state index contributed by atoms with van der Waals surface area (Å²) in [6.07, 6.45) is 0.903. The van der Waals surface area contributed by atoms with Gasteiger partial charge in [-0.15, -0.1) is 11.3 Å². The molecular weight excluding hydrogens is 322 g/mol. The number of thiophene rings is 1. The van der Waals surface area contributed by atoms with Gasteiger partial charge in [0.25, 0.3) is 5.91 Å². The average Bonchev–Trinajstić information content (AvgIpc) is 3.22. The summed E-state index contributed by atoms with van der Waals surface area (Å²) in [5.74, 6) is -1.36. The number of hydrogen-bond acceptors (Lipinski definition) is 7. The van der Waals surface area contributed by atoms with Crippen molar-refractivity contribution in [2.24, 2.45) is 0 Å². The van der Waals surface area contributed by atoms with E-state index < -0.39 is 23.9 Å². The predicted molar refractivity (Wildman–Crippen MR) is 80.5 cm³/mol. The maximum atomic E-state index is 12.1. The molecule has 0 aliphatic carbocycles. The van der Waals surface area contributed by atoms with E-state index in [9.17, 15) is 14.4 Å². The Labute approximate surface area is 135 Å². The van der Waals surface area contributed by atoms with E-state index in [1.165, 1.54) is 12.3 Å². The molecule has 1 atom stereocenters. The number of aryl methyl sites for hydroxylation is 1. The third kappa shape index (κ3) is 3.26. The van der Waals surface area contributed by atoms with Gasteiger partial charge in [-0.2, -0.15) is 0 Å². The number of carbonyl (C=O) groups is 3. The molecule has 1 saturated heterocycles. The van der Waals surface area contributed by atoms with Gasteiger partial charge in [0, 0.05) is 6.42 Å². The fourth-order valence-electron chi connectivity index (χ4n) is 2.09. The first-order valence-electron chi connectivity index (χ1n) is 6.87. The van der Waals surface area contributed by atoms with Gasteiger partial charge in [-0.1, -0.05) is 0 Å². The number of rotatable bonds is 4. The molecular formula is C15H13NO6S. The van der Waals surface area contributed by atoms with Crippen molar-refractivity contribution in [3.8, 4) is 0 Å². The molecule has 2 aromatic rings. The number of cyclic esters (lactones) is 1. The molecule has 1 fully saturated rings. The Morgan fingerprint density at radius 2 is 2.26 bits per heavy atom. The van der Waals surface area contributed by atoms with Crippen molar-refractivity contribution in [2.75, 3.05) is 11.9 Å². The molecule has 1 N–H and O–H groups in total. The number of carbonyl (C=O) groups excluding carboxylic acids is 3. The SMILES string of the molecule is Cc1cc(NC(=O)c2ccco2)sc1C(=O)O[C@@H]1CCOC1=O.